The summed E-state index contributed by atoms with van der Waals surface area (Å²) in [6, 6.07) is 6.67. The standard InChI is InChI=1S/C16H21FN2O2/c1-18-16(20)7-14-6-12-9-19(10-15(12)21-14)8-11-2-4-13(17)5-3-11/h2-5,12,14-15H,6-10H2,1H3,(H,18,20)/t12-,14-,15+/m0/s1. The van der Waals surface area contributed by atoms with Gasteiger partial charge in [0.15, 0.2) is 0 Å². The maximum atomic E-state index is 12.9. The number of nitrogens with one attached hydrogen (secondary N) is 1. The number of likely N-dealkylation sites (tertiary alicyclic amines) is 1. The van der Waals surface area contributed by atoms with Crippen molar-refractivity contribution in [1.29, 1.82) is 0 Å². The van der Waals surface area contributed by atoms with E-state index in [4.69, 9.17) is 4.74 Å². The number of amides is 1. The van der Waals surface area contributed by atoms with Crippen LogP contribution in [0.5, 0.6) is 0 Å². The summed E-state index contributed by atoms with van der Waals surface area (Å²) in [6.07, 6.45) is 1.72. The van der Waals surface area contributed by atoms with Gasteiger partial charge in [0.2, 0.25) is 5.91 Å². The first kappa shape index (κ1) is 14.5. The second-order valence-electron chi connectivity index (χ2n) is 5.99. The van der Waals surface area contributed by atoms with Gasteiger partial charge in [-0.3, -0.25) is 9.69 Å². The van der Waals surface area contributed by atoms with Gasteiger partial charge in [-0.1, -0.05) is 12.1 Å². The Bertz CT molecular complexity index is 492. The van der Waals surface area contributed by atoms with Crippen molar-refractivity contribution in [2.45, 2.75) is 31.6 Å². The van der Waals surface area contributed by atoms with Crippen LogP contribution in [0.2, 0.25) is 0 Å². The van der Waals surface area contributed by atoms with Crippen LogP contribution in [-0.4, -0.2) is 43.2 Å². The van der Waals surface area contributed by atoms with Crippen LogP contribution in [0.4, 0.5) is 4.39 Å². The zero-order chi connectivity index (χ0) is 14.8. The lowest BCUT2D eigenvalue weighted by Gasteiger charge is -2.19. The molecule has 4 nitrogen and oxygen atoms in total. The Labute approximate surface area is 124 Å². The van der Waals surface area contributed by atoms with Gasteiger partial charge in [0.1, 0.15) is 5.82 Å². The minimum atomic E-state index is -0.197. The molecule has 21 heavy (non-hydrogen) atoms. The predicted octanol–water partition coefficient (Wildman–Crippen LogP) is 1.55. The Morgan fingerprint density at radius 3 is 2.81 bits per heavy atom. The van der Waals surface area contributed by atoms with Gasteiger partial charge in [-0.05, 0) is 24.1 Å². The lowest BCUT2D eigenvalue weighted by molar-refractivity contribution is -0.123. The van der Waals surface area contributed by atoms with Crippen LogP contribution in [0.25, 0.3) is 0 Å². The molecule has 0 radical (unpaired) electrons. The van der Waals surface area contributed by atoms with E-state index >= 15 is 0 Å². The molecule has 0 aliphatic carbocycles. The zero-order valence-corrected chi connectivity index (χ0v) is 12.2. The maximum Gasteiger partial charge on any atom is 0.222 e. The quantitative estimate of drug-likeness (QED) is 0.915. The van der Waals surface area contributed by atoms with Crippen molar-refractivity contribution >= 4 is 5.91 Å². The summed E-state index contributed by atoms with van der Waals surface area (Å²) in [6.45, 7) is 2.72. The first-order chi connectivity index (χ1) is 10.1. The van der Waals surface area contributed by atoms with Crippen molar-refractivity contribution in [2.75, 3.05) is 20.1 Å². The Hall–Kier alpha value is -1.46. The van der Waals surface area contributed by atoms with Gasteiger partial charge in [0.05, 0.1) is 18.6 Å². The van der Waals surface area contributed by atoms with Crippen LogP contribution in [0, 0.1) is 11.7 Å². The summed E-state index contributed by atoms with van der Waals surface area (Å²) in [4.78, 5) is 13.7. The van der Waals surface area contributed by atoms with E-state index in [-0.39, 0.29) is 23.9 Å². The van der Waals surface area contributed by atoms with Gasteiger partial charge in [-0.25, -0.2) is 4.39 Å². The second-order valence-corrected chi connectivity index (χ2v) is 5.99. The molecular weight excluding hydrogens is 271 g/mol. The van der Waals surface area contributed by atoms with E-state index in [2.05, 4.69) is 10.2 Å². The van der Waals surface area contributed by atoms with Crippen molar-refractivity contribution in [1.82, 2.24) is 10.2 Å². The Morgan fingerprint density at radius 1 is 1.38 bits per heavy atom. The molecule has 1 aromatic carbocycles. The van der Waals surface area contributed by atoms with E-state index in [0.29, 0.717) is 12.3 Å². The highest BCUT2D eigenvalue weighted by atomic mass is 19.1. The summed E-state index contributed by atoms with van der Waals surface area (Å²) in [5, 5.41) is 2.64. The fourth-order valence-electron chi connectivity index (χ4n) is 3.37. The summed E-state index contributed by atoms with van der Waals surface area (Å²) >= 11 is 0. The van der Waals surface area contributed by atoms with E-state index < -0.39 is 0 Å². The monoisotopic (exact) mass is 292 g/mol. The molecule has 2 heterocycles. The van der Waals surface area contributed by atoms with Gasteiger partial charge in [0.25, 0.3) is 0 Å². The van der Waals surface area contributed by atoms with E-state index in [9.17, 15) is 9.18 Å². The van der Waals surface area contributed by atoms with E-state index in [1.165, 1.54) is 12.1 Å². The topological polar surface area (TPSA) is 41.6 Å². The van der Waals surface area contributed by atoms with Crippen molar-refractivity contribution in [2.24, 2.45) is 5.92 Å². The minimum Gasteiger partial charge on any atom is -0.373 e. The molecule has 114 valence electrons. The van der Waals surface area contributed by atoms with Gasteiger partial charge in [-0.2, -0.15) is 0 Å². The molecule has 2 fully saturated rings. The molecule has 2 aliphatic heterocycles. The normalized spacial score (nSPS) is 28.6. The summed E-state index contributed by atoms with van der Waals surface area (Å²) in [7, 11) is 1.66. The van der Waals surface area contributed by atoms with Crippen LogP contribution in [0.1, 0.15) is 18.4 Å². The molecule has 1 amide bonds. The molecule has 0 saturated carbocycles. The fourth-order valence-corrected chi connectivity index (χ4v) is 3.37. The van der Waals surface area contributed by atoms with Crippen molar-refractivity contribution in [3.8, 4) is 0 Å². The predicted molar refractivity (Wildman–Crippen MR) is 77.1 cm³/mol. The summed E-state index contributed by atoms with van der Waals surface area (Å²) in [5.41, 5.74) is 1.12. The molecular formula is C16H21FN2O2. The molecule has 0 spiro atoms. The molecule has 3 rings (SSSR count). The molecule has 5 heteroatoms. The highest BCUT2D eigenvalue weighted by Crippen LogP contribution is 2.34. The minimum absolute atomic E-state index is 0.0446. The zero-order valence-electron chi connectivity index (χ0n) is 12.2. The lowest BCUT2D eigenvalue weighted by Crippen LogP contribution is -2.28. The van der Waals surface area contributed by atoms with Crippen LogP contribution in [0.3, 0.4) is 0 Å². The largest absolute Gasteiger partial charge is 0.373 e. The maximum absolute atomic E-state index is 12.9. The third-order valence-corrected chi connectivity index (χ3v) is 4.40. The SMILES string of the molecule is CNC(=O)C[C@@H]1C[C@H]2CN(Cc3ccc(F)cc3)C[C@H]2O1. The van der Waals surface area contributed by atoms with E-state index in [0.717, 1.165) is 31.6 Å². The lowest BCUT2D eigenvalue weighted by atomic mass is 10.0. The van der Waals surface area contributed by atoms with Crippen molar-refractivity contribution in [3.05, 3.63) is 35.6 Å². The average Bonchev–Trinajstić information content (AvgIpc) is 2.99. The number of hydrogen-bond donors (Lipinski definition) is 1. The molecule has 2 aliphatic rings. The van der Waals surface area contributed by atoms with Crippen LogP contribution in [0.15, 0.2) is 24.3 Å². The highest BCUT2D eigenvalue weighted by molar-refractivity contribution is 5.76. The fraction of sp³-hybridized carbons (Fsp3) is 0.562. The van der Waals surface area contributed by atoms with Crippen LogP contribution < -0.4 is 5.32 Å². The molecule has 0 unspecified atom stereocenters. The van der Waals surface area contributed by atoms with E-state index in [1.807, 2.05) is 12.1 Å². The van der Waals surface area contributed by atoms with Crippen molar-refractivity contribution in [3.63, 3.8) is 0 Å². The Morgan fingerprint density at radius 2 is 2.14 bits per heavy atom. The number of halogens is 1. The molecule has 3 atom stereocenters. The average molecular weight is 292 g/mol. The highest BCUT2D eigenvalue weighted by Gasteiger charge is 2.42. The van der Waals surface area contributed by atoms with Crippen molar-refractivity contribution < 1.29 is 13.9 Å². The molecule has 0 aromatic heterocycles. The number of carbonyl (C=O) groups excluding carboxylic acids is 1. The molecule has 0 bridgehead atoms. The smallest absolute Gasteiger partial charge is 0.222 e. The summed E-state index contributed by atoms with van der Waals surface area (Å²) < 4.78 is 18.9. The molecule has 1 N–H and O–H groups in total. The number of hydrogen-bond acceptors (Lipinski definition) is 3. The van der Waals surface area contributed by atoms with Gasteiger partial charge in [-0.15, -0.1) is 0 Å². The first-order valence-electron chi connectivity index (χ1n) is 7.47. The third-order valence-electron chi connectivity index (χ3n) is 4.40. The molecule has 2 saturated heterocycles. The molecule has 1 aromatic rings. The summed E-state index contributed by atoms with van der Waals surface area (Å²) in [5.74, 6) is 0.362. The number of benzene rings is 1. The number of nitrogens with zero attached hydrogens (tertiary/aromatic N) is 1. The number of carbonyl (C=O) groups is 1. The van der Waals surface area contributed by atoms with Crippen LogP contribution in [-0.2, 0) is 16.1 Å². The Kier molecular flexibility index (Phi) is 4.22. The second kappa shape index (κ2) is 6.12. The Balaban J connectivity index is 1.50. The number of fused-ring (bicyclic) bond motifs is 1. The third kappa shape index (κ3) is 3.41. The van der Waals surface area contributed by atoms with Gasteiger partial charge >= 0.3 is 0 Å². The van der Waals surface area contributed by atoms with E-state index in [1.54, 1.807) is 7.05 Å². The first-order valence-corrected chi connectivity index (χ1v) is 7.47. The van der Waals surface area contributed by atoms with Gasteiger partial charge < -0.3 is 10.1 Å². The van der Waals surface area contributed by atoms with Crippen LogP contribution >= 0.6 is 0 Å². The van der Waals surface area contributed by atoms with Gasteiger partial charge in [0, 0.05) is 32.6 Å². The number of rotatable bonds is 4. The number of ether oxygens (including phenoxy) is 1.